The lowest BCUT2D eigenvalue weighted by Crippen LogP contribution is -2.33. The molecule has 0 aliphatic carbocycles. The van der Waals surface area contributed by atoms with Crippen LogP contribution in [-0.4, -0.2) is 36.2 Å². The predicted molar refractivity (Wildman–Crippen MR) is 80.1 cm³/mol. The fourth-order valence-corrected chi connectivity index (χ4v) is 2.32. The second-order valence-corrected chi connectivity index (χ2v) is 5.27. The maximum absolute atomic E-state index is 9.54. The Hall–Kier alpha value is -1.42. The van der Waals surface area contributed by atoms with Crippen molar-refractivity contribution in [1.29, 1.82) is 0 Å². The van der Waals surface area contributed by atoms with Gasteiger partial charge in [0.05, 0.1) is 6.10 Å². The third-order valence-electron chi connectivity index (χ3n) is 3.31. The molecular formula is C16H22N2O. The lowest BCUT2D eigenvalue weighted by molar-refractivity contribution is 0.129. The standard InChI is InChI=1S/C16H22N2O/c1-12-3-5-15-8-13(4-6-14(15)7-12)10-18(2)11-16(19)9-17/h3-8,16,19H,9-11,17H2,1-2H3. The maximum atomic E-state index is 9.54. The van der Waals surface area contributed by atoms with E-state index in [9.17, 15) is 5.11 Å². The van der Waals surface area contributed by atoms with E-state index in [1.54, 1.807) is 0 Å². The molecule has 0 fully saturated rings. The van der Waals surface area contributed by atoms with E-state index < -0.39 is 6.10 Å². The average Bonchev–Trinajstić information content (AvgIpc) is 2.38. The first kappa shape index (κ1) is 14.0. The van der Waals surface area contributed by atoms with Crippen LogP contribution in [0, 0.1) is 6.92 Å². The van der Waals surface area contributed by atoms with Crippen LogP contribution in [0.15, 0.2) is 36.4 Å². The van der Waals surface area contributed by atoms with Gasteiger partial charge in [-0.05, 0) is 36.4 Å². The van der Waals surface area contributed by atoms with E-state index in [0.29, 0.717) is 13.1 Å². The number of aliphatic hydroxyl groups is 1. The second kappa shape index (κ2) is 6.15. The van der Waals surface area contributed by atoms with Crippen molar-refractivity contribution in [3.05, 3.63) is 47.5 Å². The summed E-state index contributed by atoms with van der Waals surface area (Å²) in [6, 6.07) is 13.0. The smallest absolute Gasteiger partial charge is 0.0789 e. The first-order valence-corrected chi connectivity index (χ1v) is 6.64. The number of nitrogens with two attached hydrogens (primary N) is 1. The largest absolute Gasteiger partial charge is 0.390 e. The lowest BCUT2D eigenvalue weighted by atomic mass is 10.0. The van der Waals surface area contributed by atoms with Gasteiger partial charge in [0, 0.05) is 19.6 Å². The predicted octanol–water partition coefficient (Wildman–Crippen LogP) is 1.90. The third-order valence-corrected chi connectivity index (χ3v) is 3.31. The lowest BCUT2D eigenvalue weighted by Gasteiger charge is -2.19. The van der Waals surface area contributed by atoms with Crippen molar-refractivity contribution < 1.29 is 5.11 Å². The van der Waals surface area contributed by atoms with E-state index >= 15 is 0 Å². The molecule has 3 N–H and O–H groups in total. The second-order valence-electron chi connectivity index (χ2n) is 5.27. The van der Waals surface area contributed by atoms with Crippen LogP contribution in [0.25, 0.3) is 10.8 Å². The van der Waals surface area contributed by atoms with Crippen molar-refractivity contribution in [3.63, 3.8) is 0 Å². The summed E-state index contributed by atoms with van der Waals surface area (Å²) >= 11 is 0. The first-order valence-electron chi connectivity index (χ1n) is 6.64. The molecule has 0 amide bonds. The van der Waals surface area contributed by atoms with Crippen molar-refractivity contribution in [2.24, 2.45) is 5.73 Å². The monoisotopic (exact) mass is 258 g/mol. The van der Waals surface area contributed by atoms with E-state index in [-0.39, 0.29) is 0 Å². The molecule has 0 heterocycles. The Morgan fingerprint density at radius 3 is 2.58 bits per heavy atom. The highest BCUT2D eigenvalue weighted by Crippen LogP contribution is 2.18. The zero-order chi connectivity index (χ0) is 13.8. The van der Waals surface area contributed by atoms with Crippen LogP contribution in [0.1, 0.15) is 11.1 Å². The topological polar surface area (TPSA) is 49.5 Å². The van der Waals surface area contributed by atoms with Gasteiger partial charge in [-0.15, -0.1) is 0 Å². The van der Waals surface area contributed by atoms with Gasteiger partial charge >= 0.3 is 0 Å². The minimum atomic E-state index is -0.451. The van der Waals surface area contributed by atoms with Gasteiger partial charge in [-0.2, -0.15) is 0 Å². The number of rotatable bonds is 5. The molecular weight excluding hydrogens is 236 g/mol. The number of nitrogens with zero attached hydrogens (tertiary/aromatic N) is 1. The molecule has 2 aromatic rings. The van der Waals surface area contributed by atoms with Gasteiger partial charge < -0.3 is 10.8 Å². The Balaban J connectivity index is 2.11. The summed E-state index contributed by atoms with van der Waals surface area (Å²) < 4.78 is 0. The van der Waals surface area contributed by atoms with Crippen molar-refractivity contribution >= 4 is 10.8 Å². The van der Waals surface area contributed by atoms with Gasteiger partial charge in [-0.3, -0.25) is 4.90 Å². The maximum Gasteiger partial charge on any atom is 0.0789 e. The summed E-state index contributed by atoms with van der Waals surface area (Å²) in [5.74, 6) is 0. The molecule has 0 aliphatic rings. The molecule has 3 heteroatoms. The quantitative estimate of drug-likeness (QED) is 0.861. The fraction of sp³-hybridized carbons (Fsp3) is 0.375. The fourth-order valence-electron chi connectivity index (χ4n) is 2.32. The number of fused-ring (bicyclic) bond motifs is 1. The molecule has 0 aliphatic heterocycles. The van der Waals surface area contributed by atoms with Crippen LogP contribution >= 0.6 is 0 Å². The summed E-state index contributed by atoms with van der Waals surface area (Å²) in [7, 11) is 2.00. The molecule has 0 spiro atoms. The van der Waals surface area contributed by atoms with Crippen molar-refractivity contribution in [3.8, 4) is 0 Å². The normalized spacial score (nSPS) is 13.1. The summed E-state index contributed by atoms with van der Waals surface area (Å²) in [5.41, 5.74) is 7.96. The van der Waals surface area contributed by atoms with E-state index in [1.165, 1.54) is 21.9 Å². The molecule has 0 radical (unpaired) electrons. The van der Waals surface area contributed by atoms with Gasteiger partial charge in [0.25, 0.3) is 0 Å². The summed E-state index contributed by atoms with van der Waals surface area (Å²) in [6.07, 6.45) is -0.451. The van der Waals surface area contributed by atoms with Crippen molar-refractivity contribution in [2.75, 3.05) is 20.1 Å². The van der Waals surface area contributed by atoms with Crippen LogP contribution in [0.4, 0.5) is 0 Å². The van der Waals surface area contributed by atoms with Gasteiger partial charge in [0.15, 0.2) is 0 Å². The Morgan fingerprint density at radius 2 is 1.84 bits per heavy atom. The highest BCUT2D eigenvalue weighted by Gasteiger charge is 2.07. The minimum absolute atomic E-state index is 0.307. The number of hydrogen-bond acceptors (Lipinski definition) is 3. The molecule has 3 nitrogen and oxygen atoms in total. The first-order chi connectivity index (χ1) is 9.08. The summed E-state index contributed by atoms with van der Waals surface area (Å²) in [5, 5.41) is 12.1. The zero-order valence-electron chi connectivity index (χ0n) is 11.6. The number of benzene rings is 2. The molecule has 0 aromatic heterocycles. The molecule has 2 aromatic carbocycles. The van der Waals surface area contributed by atoms with Crippen LogP contribution in [0.3, 0.4) is 0 Å². The molecule has 19 heavy (non-hydrogen) atoms. The number of hydrogen-bond donors (Lipinski definition) is 2. The van der Waals surface area contributed by atoms with Gasteiger partial charge in [-0.25, -0.2) is 0 Å². The highest BCUT2D eigenvalue weighted by atomic mass is 16.3. The molecule has 0 bridgehead atoms. The Bertz CT molecular complexity index is 553. The number of likely N-dealkylation sites (N-methyl/N-ethyl adjacent to an activating group) is 1. The number of aryl methyl sites for hydroxylation is 1. The SMILES string of the molecule is Cc1ccc2cc(CN(C)CC(O)CN)ccc2c1. The molecule has 0 saturated heterocycles. The summed E-state index contributed by atoms with van der Waals surface area (Å²) in [6.45, 7) is 3.83. The van der Waals surface area contributed by atoms with Gasteiger partial charge in [0.2, 0.25) is 0 Å². The molecule has 1 unspecified atom stereocenters. The molecule has 102 valence electrons. The van der Waals surface area contributed by atoms with Gasteiger partial charge in [0.1, 0.15) is 0 Å². The van der Waals surface area contributed by atoms with E-state index in [2.05, 4.69) is 48.2 Å². The van der Waals surface area contributed by atoms with Crippen molar-refractivity contribution in [2.45, 2.75) is 19.6 Å². The average molecular weight is 258 g/mol. The van der Waals surface area contributed by atoms with E-state index in [0.717, 1.165) is 6.54 Å². The Morgan fingerprint density at radius 1 is 1.16 bits per heavy atom. The van der Waals surface area contributed by atoms with E-state index in [1.807, 2.05) is 7.05 Å². The van der Waals surface area contributed by atoms with Crippen LogP contribution in [-0.2, 0) is 6.54 Å². The van der Waals surface area contributed by atoms with Crippen molar-refractivity contribution in [1.82, 2.24) is 4.90 Å². The van der Waals surface area contributed by atoms with Crippen LogP contribution < -0.4 is 5.73 Å². The minimum Gasteiger partial charge on any atom is -0.390 e. The Kier molecular flexibility index (Phi) is 4.53. The van der Waals surface area contributed by atoms with E-state index in [4.69, 9.17) is 5.73 Å². The zero-order valence-corrected chi connectivity index (χ0v) is 11.6. The molecule has 2 rings (SSSR count). The van der Waals surface area contributed by atoms with Crippen LogP contribution in [0.2, 0.25) is 0 Å². The van der Waals surface area contributed by atoms with Gasteiger partial charge in [-0.1, -0.05) is 35.9 Å². The molecule has 1 atom stereocenters. The highest BCUT2D eigenvalue weighted by molar-refractivity contribution is 5.83. The molecule has 0 saturated carbocycles. The Labute approximate surface area is 114 Å². The summed E-state index contributed by atoms with van der Waals surface area (Å²) in [4.78, 5) is 2.09. The number of aliphatic hydroxyl groups excluding tert-OH is 1. The van der Waals surface area contributed by atoms with Crippen LogP contribution in [0.5, 0.6) is 0 Å². The third kappa shape index (κ3) is 3.77.